The number of thioether (sulfide) groups is 1. The molecule has 0 bridgehead atoms. The minimum atomic E-state index is -0.423. The van der Waals surface area contributed by atoms with E-state index in [1.165, 1.54) is 0 Å². The molecule has 1 aliphatic heterocycles. The number of aromatic nitrogens is 2. The van der Waals surface area contributed by atoms with Gasteiger partial charge in [-0.25, -0.2) is 4.79 Å². The number of carbonyl (C=O) groups excluding carboxylic acids is 1. The highest BCUT2D eigenvalue weighted by Gasteiger charge is 2.36. The maximum absolute atomic E-state index is 13.4. The maximum atomic E-state index is 13.4. The number of hydrogen-bond donors (Lipinski definition) is 1. The van der Waals surface area contributed by atoms with Crippen LogP contribution in [0, 0.1) is 0 Å². The van der Waals surface area contributed by atoms with Gasteiger partial charge >= 0.3 is 6.03 Å². The number of rotatable bonds is 6. The van der Waals surface area contributed by atoms with Gasteiger partial charge in [0.15, 0.2) is 0 Å². The molecule has 4 aromatic rings. The van der Waals surface area contributed by atoms with Crippen molar-refractivity contribution in [1.82, 2.24) is 15.5 Å². The van der Waals surface area contributed by atoms with E-state index in [1.807, 2.05) is 73.8 Å². The highest BCUT2D eigenvalue weighted by Crippen LogP contribution is 2.39. The van der Waals surface area contributed by atoms with Crippen molar-refractivity contribution in [2.75, 3.05) is 11.2 Å². The Morgan fingerprint density at radius 2 is 1.80 bits per heavy atom. The largest absolute Gasteiger partial charge is 0.334 e. The Bertz CT molecular complexity index is 1380. The number of carbonyl (C=O) groups is 1. The Hall–Kier alpha value is -3.84. The zero-order chi connectivity index (χ0) is 24.4. The van der Waals surface area contributed by atoms with Crippen LogP contribution in [0.2, 0.25) is 0 Å². The van der Waals surface area contributed by atoms with Gasteiger partial charge in [0.25, 0.3) is 5.89 Å². The van der Waals surface area contributed by atoms with Crippen LogP contribution < -0.4 is 10.2 Å². The number of nitrogens with one attached hydrogen (secondary N) is 1. The molecule has 35 heavy (non-hydrogen) atoms. The lowest BCUT2D eigenvalue weighted by atomic mass is 9.94. The molecule has 2 heterocycles. The van der Waals surface area contributed by atoms with E-state index in [4.69, 9.17) is 9.51 Å². The summed E-state index contributed by atoms with van der Waals surface area (Å²) in [6.07, 6.45) is 2.92. The third-order valence-corrected chi connectivity index (χ3v) is 6.94. The second kappa shape index (κ2) is 9.80. The molecule has 0 aliphatic carbocycles. The average molecular weight is 483 g/mol. The van der Waals surface area contributed by atoms with Crippen molar-refractivity contribution in [1.29, 1.82) is 0 Å². The van der Waals surface area contributed by atoms with Gasteiger partial charge in [-0.1, -0.05) is 66.7 Å². The number of anilines is 1. The minimum Gasteiger partial charge on any atom is -0.334 e. The Morgan fingerprint density at radius 1 is 1.03 bits per heavy atom. The number of allylic oxidation sites excluding steroid dienone is 1. The molecule has 7 heteroatoms. The van der Waals surface area contributed by atoms with E-state index >= 15 is 0 Å². The fourth-order valence-corrected chi connectivity index (χ4v) is 4.74. The monoisotopic (exact) mass is 482 g/mol. The highest BCUT2D eigenvalue weighted by atomic mass is 32.2. The number of nitrogens with zero attached hydrogens (tertiary/aromatic N) is 3. The third-order valence-electron chi connectivity index (χ3n) is 6.20. The summed E-state index contributed by atoms with van der Waals surface area (Å²) in [4.78, 5) is 21.0. The van der Waals surface area contributed by atoms with Crippen molar-refractivity contribution in [3.05, 3.63) is 102 Å². The standard InChI is InChI=1S/C28H26N4O2S/c1-4-19-9-8-12-22(17-19)32-18(2)24(27-30-26(31-34-27)21-10-6-5-7-11-21)25(29-28(32)33)20-13-15-23(35-3)16-14-20/h5-17,25H,4H2,1-3H3,(H,29,33). The fraction of sp³-hybridized carbons (Fsp3) is 0.179. The summed E-state index contributed by atoms with van der Waals surface area (Å²) < 4.78 is 5.79. The van der Waals surface area contributed by atoms with E-state index in [2.05, 4.69) is 35.6 Å². The lowest BCUT2D eigenvalue weighted by molar-refractivity contribution is 0.244. The molecule has 0 radical (unpaired) electrons. The third kappa shape index (κ3) is 4.47. The molecule has 0 saturated carbocycles. The van der Waals surface area contributed by atoms with Crippen molar-refractivity contribution < 1.29 is 9.32 Å². The van der Waals surface area contributed by atoms with Crippen LogP contribution in [0.25, 0.3) is 17.0 Å². The molecule has 1 N–H and O–H groups in total. The smallest absolute Gasteiger partial charge is 0.326 e. The lowest BCUT2D eigenvalue weighted by Gasteiger charge is -2.35. The van der Waals surface area contributed by atoms with Gasteiger partial charge in [0.1, 0.15) is 0 Å². The molecule has 0 fully saturated rings. The molecule has 176 valence electrons. The van der Waals surface area contributed by atoms with E-state index in [9.17, 15) is 4.79 Å². The highest BCUT2D eigenvalue weighted by molar-refractivity contribution is 7.98. The quantitative estimate of drug-likeness (QED) is 0.309. The first-order chi connectivity index (χ1) is 17.1. The van der Waals surface area contributed by atoms with Gasteiger partial charge in [-0.15, -0.1) is 11.8 Å². The van der Waals surface area contributed by atoms with Gasteiger partial charge in [0.2, 0.25) is 5.82 Å². The summed E-state index contributed by atoms with van der Waals surface area (Å²) in [7, 11) is 0. The molecule has 5 rings (SSSR count). The van der Waals surface area contributed by atoms with Crippen molar-refractivity contribution in [2.24, 2.45) is 0 Å². The first-order valence-electron chi connectivity index (χ1n) is 11.5. The van der Waals surface area contributed by atoms with Crippen LogP contribution in [-0.2, 0) is 6.42 Å². The molecule has 1 aromatic heterocycles. The summed E-state index contributed by atoms with van der Waals surface area (Å²) in [5.74, 6) is 0.894. The molecular weight excluding hydrogens is 456 g/mol. The normalized spacial score (nSPS) is 15.9. The SMILES string of the molecule is CCc1cccc(N2C(=O)NC(c3ccc(SC)cc3)C(c3nc(-c4ccccc4)no3)=C2C)c1. The van der Waals surface area contributed by atoms with Crippen LogP contribution in [0.4, 0.5) is 10.5 Å². The summed E-state index contributed by atoms with van der Waals surface area (Å²) >= 11 is 1.68. The molecule has 0 spiro atoms. The predicted molar refractivity (Wildman–Crippen MR) is 140 cm³/mol. The summed E-state index contributed by atoms with van der Waals surface area (Å²) in [6.45, 7) is 4.03. The van der Waals surface area contributed by atoms with Crippen LogP contribution in [0.1, 0.15) is 36.9 Å². The van der Waals surface area contributed by atoms with Gasteiger partial charge in [-0.2, -0.15) is 4.98 Å². The summed E-state index contributed by atoms with van der Waals surface area (Å²) in [6, 6.07) is 25.3. The van der Waals surface area contributed by atoms with E-state index in [1.54, 1.807) is 16.7 Å². The molecule has 0 saturated heterocycles. The van der Waals surface area contributed by atoms with Gasteiger partial charge in [0, 0.05) is 16.2 Å². The maximum Gasteiger partial charge on any atom is 0.326 e. The Balaban J connectivity index is 1.65. The molecule has 1 aliphatic rings. The van der Waals surface area contributed by atoms with E-state index in [0.29, 0.717) is 11.7 Å². The van der Waals surface area contributed by atoms with Crippen molar-refractivity contribution in [2.45, 2.75) is 31.2 Å². The first kappa shape index (κ1) is 22.9. The zero-order valence-electron chi connectivity index (χ0n) is 19.9. The number of aryl methyl sites for hydroxylation is 1. The summed E-state index contributed by atoms with van der Waals surface area (Å²) in [5, 5.41) is 7.42. The van der Waals surface area contributed by atoms with Crippen LogP contribution in [0.3, 0.4) is 0 Å². The topological polar surface area (TPSA) is 71.3 Å². The fourth-order valence-electron chi connectivity index (χ4n) is 4.33. The second-order valence-corrected chi connectivity index (χ2v) is 9.18. The molecule has 3 aromatic carbocycles. The molecule has 1 unspecified atom stereocenters. The number of benzene rings is 3. The van der Waals surface area contributed by atoms with Crippen molar-refractivity contribution >= 4 is 29.1 Å². The predicted octanol–water partition coefficient (Wildman–Crippen LogP) is 6.72. The number of amides is 2. The zero-order valence-corrected chi connectivity index (χ0v) is 20.7. The Morgan fingerprint density at radius 3 is 2.51 bits per heavy atom. The van der Waals surface area contributed by atoms with Crippen LogP contribution in [-0.4, -0.2) is 22.4 Å². The van der Waals surface area contributed by atoms with Crippen LogP contribution >= 0.6 is 11.8 Å². The minimum absolute atomic E-state index is 0.193. The van der Waals surface area contributed by atoms with Gasteiger partial charge in [-0.3, -0.25) is 4.90 Å². The van der Waals surface area contributed by atoms with Crippen LogP contribution in [0.15, 0.2) is 94.0 Å². The van der Waals surface area contributed by atoms with Gasteiger partial charge < -0.3 is 9.84 Å². The molecule has 2 amide bonds. The number of urea groups is 1. The van der Waals surface area contributed by atoms with E-state index in [0.717, 1.165) is 45.0 Å². The Labute approximate surface area is 209 Å². The van der Waals surface area contributed by atoms with Crippen molar-refractivity contribution in [3.63, 3.8) is 0 Å². The van der Waals surface area contributed by atoms with Crippen molar-refractivity contribution in [3.8, 4) is 11.4 Å². The number of hydrogen-bond acceptors (Lipinski definition) is 5. The van der Waals surface area contributed by atoms with Gasteiger partial charge in [0.05, 0.1) is 17.3 Å². The second-order valence-electron chi connectivity index (χ2n) is 8.30. The average Bonchev–Trinajstić information content (AvgIpc) is 3.39. The van der Waals surface area contributed by atoms with Crippen LogP contribution in [0.5, 0.6) is 0 Å². The molecular formula is C28H26N4O2S. The first-order valence-corrected chi connectivity index (χ1v) is 12.7. The molecule has 1 atom stereocenters. The molecule has 6 nitrogen and oxygen atoms in total. The Kier molecular flexibility index (Phi) is 6.42. The van der Waals surface area contributed by atoms with E-state index < -0.39 is 6.04 Å². The van der Waals surface area contributed by atoms with Gasteiger partial charge in [-0.05, 0) is 55.0 Å². The lowest BCUT2D eigenvalue weighted by Crippen LogP contribution is -2.46. The van der Waals surface area contributed by atoms with E-state index in [-0.39, 0.29) is 6.03 Å². The summed E-state index contributed by atoms with van der Waals surface area (Å²) in [5.41, 5.74) is 5.31.